The number of hydrogen-bond donors (Lipinski definition) is 1. The van der Waals surface area contributed by atoms with Gasteiger partial charge in [-0.05, 0) is 69.1 Å². The Morgan fingerprint density at radius 3 is 2.34 bits per heavy atom. The van der Waals surface area contributed by atoms with Crippen LogP contribution in [0.5, 0.6) is 5.75 Å². The van der Waals surface area contributed by atoms with Crippen LogP contribution in [0, 0.1) is 5.92 Å². The molecule has 2 aliphatic rings. The molecule has 0 aliphatic carbocycles. The van der Waals surface area contributed by atoms with Crippen LogP contribution in [0.2, 0.25) is 0 Å². The summed E-state index contributed by atoms with van der Waals surface area (Å²) < 4.78 is 33.3. The van der Waals surface area contributed by atoms with E-state index in [0.29, 0.717) is 25.1 Å². The summed E-state index contributed by atoms with van der Waals surface area (Å²) in [4.78, 5) is 15.4. The third-order valence-corrected chi connectivity index (χ3v) is 8.11. The predicted octanol–water partition coefficient (Wildman–Crippen LogP) is 3.20. The Balaban J connectivity index is 1.33. The zero-order valence-corrected chi connectivity index (χ0v) is 19.3. The number of nitrogens with one attached hydrogen (secondary N) is 1. The maximum Gasteiger partial charge on any atom is 0.243 e. The van der Waals surface area contributed by atoms with Crippen LogP contribution in [0.15, 0.2) is 59.5 Å². The van der Waals surface area contributed by atoms with E-state index in [2.05, 4.69) is 17.3 Å². The minimum atomic E-state index is -3.59. The second-order valence-corrected chi connectivity index (χ2v) is 10.6. The number of amides is 1. The van der Waals surface area contributed by atoms with Crippen LogP contribution in [-0.4, -0.2) is 62.9 Å². The zero-order valence-electron chi connectivity index (χ0n) is 18.4. The fraction of sp³-hybridized carbons (Fsp3) is 0.458. The average molecular weight is 458 g/mol. The molecular formula is C24H31N3O4S. The fourth-order valence-corrected chi connectivity index (χ4v) is 5.82. The second kappa shape index (κ2) is 10.0. The van der Waals surface area contributed by atoms with Crippen molar-refractivity contribution in [2.24, 2.45) is 5.92 Å². The van der Waals surface area contributed by atoms with Crippen molar-refractivity contribution >= 4 is 21.6 Å². The molecule has 2 aromatic rings. The summed E-state index contributed by atoms with van der Waals surface area (Å²) in [6.45, 7) is 2.71. The summed E-state index contributed by atoms with van der Waals surface area (Å²) in [6, 6.07) is 15.8. The molecule has 2 aliphatic heterocycles. The molecule has 7 nitrogen and oxygen atoms in total. The van der Waals surface area contributed by atoms with E-state index in [1.54, 1.807) is 30.3 Å². The van der Waals surface area contributed by atoms with Gasteiger partial charge in [-0.1, -0.05) is 18.2 Å². The molecule has 0 aromatic heterocycles. The van der Waals surface area contributed by atoms with Gasteiger partial charge in [0.05, 0.1) is 10.8 Å². The fourth-order valence-electron chi connectivity index (χ4n) is 4.27. The number of likely N-dealkylation sites (tertiary alicyclic amines) is 1. The highest BCUT2D eigenvalue weighted by atomic mass is 32.2. The van der Waals surface area contributed by atoms with Crippen molar-refractivity contribution in [2.45, 2.75) is 36.7 Å². The molecule has 172 valence electrons. The van der Waals surface area contributed by atoms with Crippen molar-refractivity contribution in [3.8, 4) is 5.75 Å². The van der Waals surface area contributed by atoms with Gasteiger partial charge in [0, 0.05) is 31.9 Å². The summed E-state index contributed by atoms with van der Waals surface area (Å²) in [7, 11) is -1.47. The van der Waals surface area contributed by atoms with Crippen molar-refractivity contribution in [1.82, 2.24) is 9.21 Å². The van der Waals surface area contributed by atoms with Crippen LogP contribution in [0.25, 0.3) is 0 Å². The van der Waals surface area contributed by atoms with Crippen molar-refractivity contribution in [2.75, 3.05) is 38.5 Å². The Bertz CT molecular complexity index is 1000. The van der Waals surface area contributed by atoms with Crippen molar-refractivity contribution in [3.05, 3.63) is 54.6 Å². The topological polar surface area (TPSA) is 79.0 Å². The molecule has 4 rings (SSSR count). The Morgan fingerprint density at radius 2 is 1.66 bits per heavy atom. The maximum atomic E-state index is 12.9. The molecule has 2 saturated heterocycles. The molecule has 8 heteroatoms. The molecule has 2 fully saturated rings. The molecule has 2 aromatic carbocycles. The molecule has 0 radical (unpaired) electrons. The molecule has 0 bridgehead atoms. The summed E-state index contributed by atoms with van der Waals surface area (Å²) in [5.74, 6) is 0.273. The molecular weight excluding hydrogens is 426 g/mol. The molecule has 1 atom stereocenters. The first-order valence-electron chi connectivity index (χ1n) is 11.2. The predicted molar refractivity (Wildman–Crippen MR) is 124 cm³/mol. The number of nitrogens with zero attached hydrogens (tertiary/aromatic N) is 2. The van der Waals surface area contributed by atoms with Gasteiger partial charge in [0.15, 0.2) is 0 Å². The molecule has 32 heavy (non-hydrogen) atoms. The number of rotatable bonds is 6. The first kappa shape index (κ1) is 22.8. The van der Waals surface area contributed by atoms with Gasteiger partial charge in [0.1, 0.15) is 11.9 Å². The van der Waals surface area contributed by atoms with Gasteiger partial charge in [0.2, 0.25) is 15.9 Å². The Hall–Kier alpha value is -2.42. The minimum Gasteiger partial charge on any atom is -0.490 e. The van der Waals surface area contributed by atoms with Gasteiger partial charge < -0.3 is 15.0 Å². The number of piperidine rings is 2. The molecule has 1 amide bonds. The molecule has 0 unspecified atom stereocenters. The number of anilines is 1. The van der Waals surface area contributed by atoms with Crippen molar-refractivity contribution < 1.29 is 17.9 Å². The highest BCUT2D eigenvalue weighted by molar-refractivity contribution is 7.89. The van der Waals surface area contributed by atoms with Crippen LogP contribution < -0.4 is 10.1 Å². The summed E-state index contributed by atoms with van der Waals surface area (Å²) in [6.07, 6.45) is 3.58. The molecule has 2 heterocycles. The maximum absolute atomic E-state index is 12.9. The van der Waals surface area contributed by atoms with Crippen molar-refractivity contribution in [1.29, 1.82) is 0 Å². The number of sulfonamides is 1. The second-order valence-electron chi connectivity index (χ2n) is 8.65. The largest absolute Gasteiger partial charge is 0.490 e. The van der Waals surface area contributed by atoms with Gasteiger partial charge in [-0.2, -0.15) is 4.31 Å². The Labute approximate surface area is 190 Å². The third kappa shape index (κ3) is 5.49. The number of hydrogen-bond acceptors (Lipinski definition) is 5. The molecule has 0 saturated carbocycles. The van der Waals surface area contributed by atoms with E-state index >= 15 is 0 Å². The highest BCUT2D eigenvalue weighted by Gasteiger charge is 2.33. The lowest BCUT2D eigenvalue weighted by Crippen LogP contribution is -2.43. The van der Waals surface area contributed by atoms with Gasteiger partial charge in [-0.25, -0.2) is 8.42 Å². The van der Waals surface area contributed by atoms with E-state index < -0.39 is 10.0 Å². The SMILES string of the molecule is CN1CCC(Oc2ccc(NC(=O)[C@@H]3CCCN(S(=O)(=O)c4ccccc4)C3)cc2)CC1. The quantitative estimate of drug-likeness (QED) is 0.721. The van der Waals surface area contributed by atoms with E-state index in [1.807, 2.05) is 24.3 Å². The van der Waals surface area contributed by atoms with E-state index in [-0.39, 0.29) is 29.4 Å². The summed E-state index contributed by atoms with van der Waals surface area (Å²) in [5, 5.41) is 2.94. The standard InChI is InChI=1S/C24H31N3O4S/c1-26-16-13-22(14-17-26)31-21-11-9-20(10-12-21)25-24(28)19-6-5-15-27(18-19)32(29,30)23-7-3-2-4-8-23/h2-4,7-12,19,22H,5-6,13-18H2,1H3,(H,25,28)/t19-/m1/s1. The van der Waals surface area contributed by atoms with Crippen LogP contribution >= 0.6 is 0 Å². The zero-order chi connectivity index (χ0) is 22.6. The van der Waals surface area contributed by atoms with Gasteiger partial charge in [0.25, 0.3) is 0 Å². The average Bonchev–Trinajstić information content (AvgIpc) is 2.82. The third-order valence-electron chi connectivity index (χ3n) is 6.23. The number of carbonyl (C=O) groups is 1. The van der Waals surface area contributed by atoms with Gasteiger partial charge in [-0.15, -0.1) is 0 Å². The van der Waals surface area contributed by atoms with Crippen LogP contribution in [0.4, 0.5) is 5.69 Å². The Morgan fingerprint density at radius 1 is 0.969 bits per heavy atom. The van der Waals surface area contributed by atoms with E-state index in [4.69, 9.17) is 4.74 Å². The van der Waals surface area contributed by atoms with Crippen LogP contribution in [0.3, 0.4) is 0 Å². The Kier molecular flexibility index (Phi) is 7.13. The molecule has 0 spiro atoms. The smallest absolute Gasteiger partial charge is 0.243 e. The van der Waals surface area contributed by atoms with Crippen molar-refractivity contribution in [3.63, 3.8) is 0 Å². The summed E-state index contributed by atoms with van der Waals surface area (Å²) in [5.41, 5.74) is 0.689. The van der Waals surface area contributed by atoms with E-state index in [0.717, 1.165) is 31.7 Å². The number of ether oxygens (including phenoxy) is 1. The monoisotopic (exact) mass is 457 g/mol. The highest BCUT2D eigenvalue weighted by Crippen LogP contribution is 2.26. The number of benzene rings is 2. The van der Waals surface area contributed by atoms with E-state index in [1.165, 1.54) is 4.31 Å². The first-order valence-corrected chi connectivity index (χ1v) is 12.7. The lowest BCUT2D eigenvalue weighted by molar-refractivity contribution is -0.120. The lowest BCUT2D eigenvalue weighted by atomic mass is 9.98. The normalized spacial score (nSPS) is 21.2. The van der Waals surface area contributed by atoms with E-state index in [9.17, 15) is 13.2 Å². The molecule has 1 N–H and O–H groups in total. The number of carbonyl (C=O) groups excluding carboxylic acids is 1. The van der Waals surface area contributed by atoms with Crippen LogP contribution in [0.1, 0.15) is 25.7 Å². The first-order chi connectivity index (χ1) is 15.4. The van der Waals surface area contributed by atoms with Crippen LogP contribution in [-0.2, 0) is 14.8 Å². The van der Waals surface area contributed by atoms with Gasteiger partial charge >= 0.3 is 0 Å². The minimum absolute atomic E-state index is 0.151. The summed E-state index contributed by atoms with van der Waals surface area (Å²) >= 11 is 0. The van der Waals surface area contributed by atoms with Gasteiger partial charge in [-0.3, -0.25) is 4.79 Å². The lowest BCUT2D eigenvalue weighted by Gasteiger charge is -2.31.